The molecule has 1 aromatic rings. The van der Waals surface area contributed by atoms with E-state index in [9.17, 15) is 32.3 Å². The lowest BCUT2D eigenvalue weighted by Crippen LogP contribution is -2.52. The summed E-state index contributed by atoms with van der Waals surface area (Å²) < 4.78 is 59.0. The number of alkyl carbamates (subject to hydrolysis) is 1. The molecule has 3 heterocycles. The van der Waals surface area contributed by atoms with Crippen LogP contribution in [-0.4, -0.2) is 71.7 Å². The molecule has 0 radical (unpaired) electrons. The summed E-state index contributed by atoms with van der Waals surface area (Å²) in [5.74, 6) is -2.81. The van der Waals surface area contributed by atoms with E-state index < -0.39 is 60.5 Å². The fourth-order valence-electron chi connectivity index (χ4n) is 4.55. The zero-order chi connectivity index (χ0) is 26.4. The van der Waals surface area contributed by atoms with Crippen molar-refractivity contribution >= 4 is 35.4 Å². The number of piperidine rings is 1. The van der Waals surface area contributed by atoms with Crippen LogP contribution in [0.25, 0.3) is 0 Å². The van der Waals surface area contributed by atoms with E-state index in [1.54, 1.807) is 0 Å². The van der Waals surface area contributed by atoms with Gasteiger partial charge >= 0.3 is 12.3 Å². The van der Waals surface area contributed by atoms with E-state index in [1.807, 2.05) is 0 Å². The van der Waals surface area contributed by atoms with E-state index in [2.05, 4.69) is 16.1 Å². The summed E-state index contributed by atoms with van der Waals surface area (Å²) in [5.41, 5.74) is 2.31. The van der Waals surface area contributed by atoms with Gasteiger partial charge in [-0.1, -0.05) is 11.6 Å². The van der Waals surface area contributed by atoms with Gasteiger partial charge in [-0.25, -0.2) is 19.6 Å². The standard InChI is InChI=1S/C21H22ClF4N5O5/c1-30-14(21(24,25)26)5-10(29-30)8-36-20(35)27-6-9-4-12(22)11-7-31(19(34)16(11)17(9)23)13-2-3-15(32)28-18(13)33/h4,10,13-14,29H,2-3,5-8H2,1H3,(H,27,35)(H,28,32,33). The fourth-order valence-corrected chi connectivity index (χ4v) is 4.84. The lowest BCUT2D eigenvalue weighted by Gasteiger charge is -2.29. The van der Waals surface area contributed by atoms with Crippen molar-refractivity contribution in [1.82, 2.24) is 26.0 Å². The van der Waals surface area contributed by atoms with E-state index in [1.165, 1.54) is 13.1 Å². The van der Waals surface area contributed by atoms with Crippen LogP contribution in [0.5, 0.6) is 0 Å². The largest absolute Gasteiger partial charge is 0.448 e. The molecule has 3 aliphatic rings. The molecule has 4 amide bonds. The third kappa shape index (κ3) is 5.11. The van der Waals surface area contributed by atoms with Gasteiger partial charge in [-0.3, -0.25) is 19.7 Å². The molecule has 4 rings (SSSR count). The van der Waals surface area contributed by atoms with Crippen LogP contribution in [0, 0.1) is 5.82 Å². The summed E-state index contributed by atoms with van der Waals surface area (Å²) in [7, 11) is 1.24. The van der Waals surface area contributed by atoms with Gasteiger partial charge in [-0.15, -0.1) is 0 Å². The molecule has 3 aliphatic heterocycles. The van der Waals surface area contributed by atoms with Crippen molar-refractivity contribution in [3.63, 3.8) is 0 Å². The molecular weight excluding hydrogens is 514 g/mol. The Morgan fingerprint density at radius 3 is 2.67 bits per heavy atom. The first-order chi connectivity index (χ1) is 16.9. The molecule has 0 saturated carbocycles. The summed E-state index contributed by atoms with van der Waals surface area (Å²) in [6, 6.07) is -2.18. The number of alkyl halides is 3. The number of halogens is 5. The first kappa shape index (κ1) is 26.1. The minimum Gasteiger partial charge on any atom is -0.448 e. The predicted molar refractivity (Wildman–Crippen MR) is 115 cm³/mol. The predicted octanol–water partition coefficient (Wildman–Crippen LogP) is 1.61. The Labute approximate surface area is 207 Å². The number of hydrogen-bond donors (Lipinski definition) is 3. The topological polar surface area (TPSA) is 120 Å². The Bertz CT molecular complexity index is 1120. The summed E-state index contributed by atoms with van der Waals surface area (Å²) in [6.07, 6.45) is -5.61. The first-order valence-electron chi connectivity index (χ1n) is 11.0. The monoisotopic (exact) mass is 535 g/mol. The molecule has 1 aromatic carbocycles. The quantitative estimate of drug-likeness (QED) is 0.387. The van der Waals surface area contributed by atoms with E-state index in [0.717, 1.165) is 9.91 Å². The van der Waals surface area contributed by atoms with E-state index >= 15 is 4.39 Å². The van der Waals surface area contributed by atoms with Crippen LogP contribution in [0.4, 0.5) is 22.4 Å². The number of amides is 4. The SMILES string of the molecule is CN1NC(COC(=O)NCc2cc(Cl)c3c(c2F)C(=O)N(C2CCC(=O)NC2=O)C3)CC1C(F)(F)F. The molecule has 196 valence electrons. The lowest BCUT2D eigenvalue weighted by molar-refractivity contribution is -0.176. The number of rotatable bonds is 5. The second-order valence-corrected chi connectivity index (χ2v) is 9.17. The maximum absolute atomic E-state index is 15.2. The summed E-state index contributed by atoms with van der Waals surface area (Å²) in [5, 5.41) is 5.39. The zero-order valence-corrected chi connectivity index (χ0v) is 19.6. The maximum atomic E-state index is 15.2. The van der Waals surface area contributed by atoms with E-state index in [0.29, 0.717) is 0 Å². The van der Waals surface area contributed by atoms with Crippen molar-refractivity contribution in [3.05, 3.63) is 33.6 Å². The van der Waals surface area contributed by atoms with Crippen molar-refractivity contribution in [3.8, 4) is 0 Å². The number of nitrogens with one attached hydrogen (secondary N) is 3. The summed E-state index contributed by atoms with van der Waals surface area (Å²) >= 11 is 6.25. The van der Waals surface area contributed by atoms with Gasteiger partial charge < -0.3 is 15.0 Å². The minimum atomic E-state index is -4.44. The third-order valence-electron chi connectivity index (χ3n) is 6.36. The van der Waals surface area contributed by atoms with Gasteiger partial charge in [0.2, 0.25) is 11.8 Å². The van der Waals surface area contributed by atoms with Crippen molar-refractivity contribution in [2.75, 3.05) is 13.7 Å². The van der Waals surface area contributed by atoms with Crippen molar-refractivity contribution in [1.29, 1.82) is 0 Å². The number of ether oxygens (including phenoxy) is 1. The molecule has 36 heavy (non-hydrogen) atoms. The number of hydrazine groups is 1. The average molecular weight is 536 g/mol. The van der Waals surface area contributed by atoms with Crippen LogP contribution in [0.1, 0.15) is 40.7 Å². The number of hydrogen-bond acceptors (Lipinski definition) is 7. The van der Waals surface area contributed by atoms with E-state index in [-0.39, 0.29) is 54.1 Å². The molecule has 3 N–H and O–H groups in total. The number of nitrogens with zero attached hydrogens (tertiary/aromatic N) is 2. The second kappa shape index (κ2) is 9.82. The van der Waals surface area contributed by atoms with Crippen LogP contribution in [-0.2, 0) is 27.4 Å². The second-order valence-electron chi connectivity index (χ2n) is 8.77. The van der Waals surface area contributed by atoms with Crippen LogP contribution < -0.4 is 16.1 Å². The normalized spacial score (nSPS) is 24.7. The van der Waals surface area contributed by atoms with E-state index in [4.69, 9.17) is 16.3 Å². The Morgan fingerprint density at radius 1 is 1.31 bits per heavy atom. The lowest BCUT2D eigenvalue weighted by atomic mass is 10.0. The van der Waals surface area contributed by atoms with Crippen molar-refractivity contribution in [2.45, 2.75) is 56.7 Å². The highest BCUT2D eigenvalue weighted by molar-refractivity contribution is 6.32. The first-order valence-corrected chi connectivity index (χ1v) is 11.3. The fraction of sp³-hybridized carbons (Fsp3) is 0.524. The molecule has 0 aromatic heterocycles. The smallest absolute Gasteiger partial charge is 0.407 e. The highest BCUT2D eigenvalue weighted by Gasteiger charge is 2.48. The molecule has 0 spiro atoms. The number of carbonyl (C=O) groups excluding carboxylic acids is 4. The molecule has 2 fully saturated rings. The molecule has 15 heteroatoms. The zero-order valence-electron chi connectivity index (χ0n) is 18.9. The highest BCUT2D eigenvalue weighted by Crippen LogP contribution is 2.35. The van der Waals surface area contributed by atoms with Crippen molar-refractivity contribution < 1.29 is 41.5 Å². The van der Waals surface area contributed by atoms with Crippen LogP contribution in [0.3, 0.4) is 0 Å². The number of benzene rings is 1. The molecule has 3 unspecified atom stereocenters. The molecule has 2 saturated heterocycles. The Kier molecular flexibility index (Phi) is 7.12. The van der Waals surface area contributed by atoms with Gasteiger partial charge in [-0.05, 0) is 18.9 Å². The Hall–Kier alpha value is -2.97. The maximum Gasteiger partial charge on any atom is 0.407 e. The molecule has 10 nitrogen and oxygen atoms in total. The van der Waals surface area contributed by atoms with Gasteiger partial charge in [0.25, 0.3) is 5.91 Å². The van der Waals surface area contributed by atoms with Crippen LogP contribution >= 0.6 is 11.6 Å². The highest BCUT2D eigenvalue weighted by atomic mass is 35.5. The van der Waals surface area contributed by atoms with Crippen LogP contribution in [0.2, 0.25) is 5.02 Å². The molecule has 3 atom stereocenters. The van der Waals surface area contributed by atoms with Gasteiger partial charge in [-0.2, -0.15) is 13.2 Å². The molecule has 0 aliphatic carbocycles. The average Bonchev–Trinajstić information content (AvgIpc) is 3.34. The minimum absolute atomic E-state index is 0.0353. The number of carbonyl (C=O) groups is 4. The van der Waals surface area contributed by atoms with Crippen LogP contribution in [0.15, 0.2) is 6.07 Å². The van der Waals surface area contributed by atoms with Gasteiger partial charge in [0.1, 0.15) is 24.5 Å². The molecular formula is C21H22ClF4N5O5. The van der Waals surface area contributed by atoms with Gasteiger partial charge in [0.05, 0.1) is 11.6 Å². The van der Waals surface area contributed by atoms with Gasteiger partial charge in [0.15, 0.2) is 0 Å². The summed E-state index contributed by atoms with van der Waals surface area (Å²) in [4.78, 5) is 49.7. The summed E-state index contributed by atoms with van der Waals surface area (Å²) in [6.45, 7) is -0.879. The Balaban J connectivity index is 1.36. The number of imide groups is 1. The molecule has 0 bridgehead atoms. The number of fused-ring (bicyclic) bond motifs is 1. The van der Waals surface area contributed by atoms with Gasteiger partial charge in [0, 0.05) is 42.7 Å². The third-order valence-corrected chi connectivity index (χ3v) is 6.70. The Morgan fingerprint density at radius 2 is 2.03 bits per heavy atom. The van der Waals surface area contributed by atoms with Crippen molar-refractivity contribution in [2.24, 2.45) is 0 Å².